The van der Waals surface area contributed by atoms with E-state index in [1.807, 2.05) is 22.1 Å². The van der Waals surface area contributed by atoms with Crippen LogP contribution in [0.3, 0.4) is 0 Å². The molecule has 1 aromatic carbocycles. The second kappa shape index (κ2) is 8.30. The number of rotatable bonds is 5. The Hall–Kier alpha value is -3.07. The zero-order chi connectivity index (χ0) is 20.1. The van der Waals surface area contributed by atoms with E-state index in [9.17, 15) is 22.8 Å². The fourth-order valence-corrected chi connectivity index (χ4v) is 3.35. The molecule has 5 nitrogen and oxygen atoms in total. The second-order valence-corrected chi connectivity index (χ2v) is 6.61. The smallest absolute Gasteiger partial charge is 0.418 e. The number of hydrogen-bond acceptors (Lipinski definition) is 4. The molecule has 3 rings (SSSR count). The summed E-state index contributed by atoms with van der Waals surface area (Å²) in [7, 11) is 0. The van der Waals surface area contributed by atoms with E-state index in [0.29, 0.717) is 5.76 Å². The van der Waals surface area contributed by atoms with Gasteiger partial charge in [0.25, 0.3) is 0 Å². The summed E-state index contributed by atoms with van der Waals surface area (Å²) in [6.07, 6.45) is -3.15. The van der Waals surface area contributed by atoms with Crippen molar-refractivity contribution in [1.29, 1.82) is 0 Å². The van der Waals surface area contributed by atoms with Gasteiger partial charge < -0.3 is 15.1 Å². The number of furan rings is 1. The van der Waals surface area contributed by atoms with Gasteiger partial charge in [0.2, 0.25) is 0 Å². The van der Waals surface area contributed by atoms with E-state index in [1.165, 1.54) is 29.7 Å². The van der Waals surface area contributed by atoms with Crippen LogP contribution in [0.4, 0.5) is 18.9 Å². The molecular weight excluding hydrogens is 393 g/mol. The van der Waals surface area contributed by atoms with Gasteiger partial charge in [-0.3, -0.25) is 9.59 Å². The minimum Gasteiger partial charge on any atom is -0.469 e. The molecule has 0 aliphatic heterocycles. The number of benzene rings is 1. The van der Waals surface area contributed by atoms with Crippen LogP contribution in [0.2, 0.25) is 0 Å². The highest BCUT2D eigenvalue weighted by molar-refractivity contribution is 7.08. The van der Waals surface area contributed by atoms with Gasteiger partial charge in [0.05, 0.1) is 23.4 Å². The first-order valence-corrected chi connectivity index (χ1v) is 9.11. The quantitative estimate of drug-likeness (QED) is 0.620. The minimum atomic E-state index is -4.65. The summed E-state index contributed by atoms with van der Waals surface area (Å²) in [6, 6.07) is 9.77. The minimum absolute atomic E-state index is 0.0530. The summed E-state index contributed by atoms with van der Waals surface area (Å²) in [5.74, 6) is -1.94. The maximum atomic E-state index is 13.0. The summed E-state index contributed by atoms with van der Waals surface area (Å²) in [5, 5.41) is 8.22. The molecule has 1 unspecified atom stereocenters. The van der Waals surface area contributed by atoms with Crippen LogP contribution in [0.25, 0.3) is 0 Å². The molecule has 2 heterocycles. The van der Waals surface area contributed by atoms with E-state index >= 15 is 0 Å². The summed E-state index contributed by atoms with van der Waals surface area (Å²) >= 11 is 1.47. The van der Waals surface area contributed by atoms with Gasteiger partial charge in [-0.15, -0.1) is 0 Å². The zero-order valence-corrected chi connectivity index (χ0v) is 15.1. The molecule has 1 atom stereocenters. The first-order valence-electron chi connectivity index (χ1n) is 8.17. The van der Waals surface area contributed by atoms with E-state index in [2.05, 4.69) is 5.32 Å². The molecule has 0 aliphatic rings. The van der Waals surface area contributed by atoms with Gasteiger partial charge in [0.15, 0.2) is 0 Å². The fourth-order valence-electron chi connectivity index (χ4n) is 2.64. The van der Waals surface area contributed by atoms with E-state index in [0.717, 1.165) is 17.7 Å². The highest BCUT2D eigenvalue weighted by atomic mass is 32.1. The number of nitrogens with one attached hydrogen (secondary N) is 2. The van der Waals surface area contributed by atoms with Crippen molar-refractivity contribution in [2.24, 2.45) is 0 Å². The molecule has 3 aromatic rings. The van der Waals surface area contributed by atoms with Crippen molar-refractivity contribution in [1.82, 2.24) is 5.32 Å². The Balaban J connectivity index is 1.67. The maximum Gasteiger partial charge on any atom is 0.418 e. The lowest BCUT2D eigenvalue weighted by molar-refractivity contribution is -0.138. The van der Waals surface area contributed by atoms with Crippen molar-refractivity contribution in [3.8, 4) is 0 Å². The SMILES string of the molecule is O=C(NCC(c1ccsc1)c1ccco1)C(=O)Nc1ccccc1C(F)(F)F. The molecule has 0 bridgehead atoms. The Bertz CT molecular complexity index is 904. The van der Waals surface area contributed by atoms with Crippen LogP contribution in [0, 0.1) is 0 Å². The van der Waals surface area contributed by atoms with Gasteiger partial charge in [-0.1, -0.05) is 12.1 Å². The van der Waals surface area contributed by atoms with Crippen molar-refractivity contribution in [2.45, 2.75) is 12.1 Å². The van der Waals surface area contributed by atoms with Crippen LogP contribution >= 0.6 is 11.3 Å². The number of alkyl halides is 3. The van der Waals surface area contributed by atoms with Crippen molar-refractivity contribution in [3.05, 3.63) is 76.4 Å². The number of para-hydroxylation sites is 1. The lowest BCUT2D eigenvalue weighted by Gasteiger charge is -2.15. The number of amides is 2. The van der Waals surface area contributed by atoms with E-state index in [1.54, 1.807) is 12.1 Å². The molecule has 0 fully saturated rings. The van der Waals surface area contributed by atoms with Crippen LogP contribution in [-0.2, 0) is 15.8 Å². The van der Waals surface area contributed by atoms with E-state index in [-0.39, 0.29) is 12.5 Å². The van der Waals surface area contributed by atoms with Gasteiger partial charge in [-0.2, -0.15) is 24.5 Å². The summed E-state index contributed by atoms with van der Waals surface area (Å²) in [6.45, 7) is 0.0530. The standard InChI is InChI=1S/C19H15F3N2O3S/c20-19(21,22)14-4-1-2-5-15(14)24-18(26)17(25)23-10-13(12-7-9-28-11-12)16-6-3-8-27-16/h1-9,11,13H,10H2,(H,23,25)(H,24,26). The van der Waals surface area contributed by atoms with Crippen LogP contribution in [0.5, 0.6) is 0 Å². The normalized spacial score (nSPS) is 12.4. The lowest BCUT2D eigenvalue weighted by Crippen LogP contribution is -2.38. The summed E-state index contributed by atoms with van der Waals surface area (Å²) < 4.78 is 44.4. The monoisotopic (exact) mass is 408 g/mol. The predicted molar refractivity (Wildman–Crippen MR) is 98.0 cm³/mol. The molecule has 2 aromatic heterocycles. The highest BCUT2D eigenvalue weighted by Gasteiger charge is 2.34. The number of thiophene rings is 1. The molecule has 2 amide bonds. The molecule has 0 saturated carbocycles. The first kappa shape index (κ1) is 19.7. The van der Waals surface area contributed by atoms with Crippen LogP contribution in [0.1, 0.15) is 22.8 Å². The largest absolute Gasteiger partial charge is 0.469 e. The third kappa shape index (κ3) is 4.61. The Kier molecular flexibility index (Phi) is 5.84. The number of carbonyl (C=O) groups excluding carboxylic acids is 2. The Labute approximate surface area is 162 Å². The van der Waals surface area contributed by atoms with E-state index < -0.39 is 29.2 Å². The molecule has 0 spiro atoms. The molecular formula is C19H15F3N2O3S. The van der Waals surface area contributed by atoms with E-state index in [4.69, 9.17) is 4.42 Å². The average Bonchev–Trinajstić information content (AvgIpc) is 3.36. The topological polar surface area (TPSA) is 71.3 Å². The van der Waals surface area contributed by atoms with Gasteiger partial charge in [-0.05, 0) is 46.7 Å². The Morgan fingerprint density at radius 3 is 2.50 bits per heavy atom. The lowest BCUT2D eigenvalue weighted by atomic mass is 9.99. The van der Waals surface area contributed by atoms with Crippen LogP contribution in [0.15, 0.2) is 63.9 Å². The predicted octanol–water partition coefficient (Wildman–Crippen LogP) is 4.25. The second-order valence-electron chi connectivity index (χ2n) is 5.83. The van der Waals surface area contributed by atoms with Gasteiger partial charge in [0, 0.05) is 6.54 Å². The number of anilines is 1. The highest BCUT2D eigenvalue weighted by Crippen LogP contribution is 2.34. The van der Waals surface area contributed by atoms with Crippen molar-refractivity contribution in [2.75, 3.05) is 11.9 Å². The molecule has 146 valence electrons. The number of halogens is 3. The fraction of sp³-hybridized carbons (Fsp3) is 0.158. The Morgan fingerprint density at radius 1 is 1.07 bits per heavy atom. The Morgan fingerprint density at radius 2 is 1.86 bits per heavy atom. The molecule has 0 radical (unpaired) electrons. The summed E-state index contributed by atoms with van der Waals surface area (Å²) in [5.41, 5.74) is -0.610. The molecule has 0 aliphatic carbocycles. The molecule has 9 heteroatoms. The van der Waals surface area contributed by atoms with Crippen molar-refractivity contribution >= 4 is 28.8 Å². The van der Waals surface area contributed by atoms with Crippen molar-refractivity contribution in [3.63, 3.8) is 0 Å². The van der Waals surface area contributed by atoms with Gasteiger partial charge in [0.1, 0.15) is 5.76 Å². The molecule has 2 N–H and O–H groups in total. The molecule has 28 heavy (non-hydrogen) atoms. The van der Waals surface area contributed by atoms with Crippen molar-refractivity contribution < 1.29 is 27.2 Å². The van der Waals surface area contributed by atoms with Gasteiger partial charge in [-0.25, -0.2) is 0 Å². The number of carbonyl (C=O) groups is 2. The number of hydrogen-bond donors (Lipinski definition) is 2. The molecule has 0 saturated heterocycles. The maximum absolute atomic E-state index is 13.0. The first-order chi connectivity index (χ1) is 13.4. The van der Waals surface area contributed by atoms with Gasteiger partial charge >= 0.3 is 18.0 Å². The third-order valence-corrected chi connectivity index (χ3v) is 4.69. The average molecular weight is 408 g/mol. The summed E-state index contributed by atoms with van der Waals surface area (Å²) in [4.78, 5) is 24.2. The third-order valence-electron chi connectivity index (χ3n) is 3.99. The van der Waals surface area contributed by atoms with Crippen LogP contribution in [-0.4, -0.2) is 18.4 Å². The zero-order valence-electron chi connectivity index (χ0n) is 14.3. The van der Waals surface area contributed by atoms with Crippen LogP contribution < -0.4 is 10.6 Å².